The fourth-order valence-electron chi connectivity index (χ4n) is 3.84. The van der Waals surface area contributed by atoms with Gasteiger partial charge in [-0.15, -0.1) is 0 Å². The number of nitro benzene ring substituents is 1. The van der Waals surface area contributed by atoms with Gasteiger partial charge in [-0.25, -0.2) is 4.79 Å². The van der Waals surface area contributed by atoms with Gasteiger partial charge in [-0.2, -0.15) is 0 Å². The molecule has 0 unspecified atom stereocenters. The quantitative estimate of drug-likeness (QED) is 0.344. The normalized spacial score (nSPS) is 12.4. The van der Waals surface area contributed by atoms with Crippen LogP contribution in [-0.2, 0) is 4.74 Å². The van der Waals surface area contributed by atoms with Crippen LogP contribution in [0.25, 0.3) is 17.2 Å². The Labute approximate surface area is 179 Å². The zero-order valence-electron chi connectivity index (χ0n) is 16.7. The number of fused-ring (bicyclic) bond motifs is 3. The highest BCUT2D eigenvalue weighted by Gasteiger charge is 2.28. The molecule has 0 atom stereocenters. The second-order valence-corrected chi connectivity index (χ2v) is 7.18. The highest BCUT2D eigenvalue weighted by atomic mass is 16.6. The van der Waals surface area contributed by atoms with Crippen molar-refractivity contribution in [1.29, 1.82) is 0 Å². The second kappa shape index (κ2) is 8.71. The zero-order valence-corrected chi connectivity index (χ0v) is 16.7. The van der Waals surface area contributed by atoms with Crippen LogP contribution in [0.4, 0.5) is 16.2 Å². The summed E-state index contributed by atoms with van der Waals surface area (Å²) in [7, 11) is 0. The van der Waals surface area contributed by atoms with Crippen molar-refractivity contribution in [2.45, 2.75) is 5.92 Å². The number of amides is 1. The number of nitro groups is 1. The molecule has 156 valence electrons. The number of nitrogens with one attached hydrogen (secondary N) is 1. The summed E-state index contributed by atoms with van der Waals surface area (Å²) in [5.74, 6) is -0.00822. The van der Waals surface area contributed by atoms with E-state index in [0.717, 1.165) is 11.1 Å². The molecule has 1 aliphatic rings. The molecule has 3 aromatic carbocycles. The summed E-state index contributed by atoms with van der Waals surface area (Å²) in [4.78, 5) is 22.8. The number of nitrogen functional groups attached to an aromatic ring is 1. The Hall–Kier alpha value is -4.13. The minimum atomic E-state index is -0.543. The van der Waals surface area contributed by atoms with E-state index < -0.39 is 11.0 Å². The van der Waals surface area contributed by atoms with Gasteiger partial charge in [0.15, 0.2) is 0 Å². The van der Waals surface area contributed by atoms with E-state index >= 15 is 0 Å². The van der Waals surface area contributed by atoms with Gasteiger partial charge in [0.25, 0.3) is 5.69 Å². The molecule has 4 rings (SSSR count). The largest absolute Gasteiger partial charge is 0.449 e. The average Bonchev–Trinajstić information content (AvgIpc) is 3.10. The van der Waals surface area contributed by atoms with Gasteiger partial charge < -0.3 is 15.8 Å². The number of carbonyl (C=O) groups is 1. The third-order valence-corrected chi connectivity index (χ3v) is 5.26. The van der Waals surface area contributed by atoms with Crippen LogP contribution in [0.5, 0.6) is 0 Å². The lowest BCUT2D eigenvalue weighted by Crippen LogP contribution is -2.26. The minimum Gasteiger partial charge on any atom is -0.449 e. The lowest BCUT2D eigenvalue weighted by Gasteiger charge is -2.14. The summed E-state index contributed by atoms with van der Waals surface area (Å²) >= 11 is 0. The van der Waals surface area contributed by atoms with E-state index in [1.165, 1.54) is 17.2 Å². The van der Waals surface area contributed by atoms with Crippen molar-refractivity contribution in [1.82, 2.24) is 5.32 Å². The number of hydrogen-bond acceptors (Lipinski definition) is 5. The second-order valence-electron chi connectivity index (χ2n) is 7.18. The zero-order chi connectivity index (χ0) is 21.8. The molecule has 0 saturated heterocycles. The van der Waals surface area contributed by atoms with Crippen molar-refractivity contribution in [3.05, 3.63) is 99.6 Å². The Kier molecular flexibility index (Phi) is 5.66. The fourth-order valence-corrected chi connectivity index (χ4v) is 3.84. The molecule has 3 N–H and O–H groups in total. The van der Waals surface area contributed by atoms with Crippen molar-refractivity contribution in [2.24, 2.45) is 0 Å². The van der Waals surface area contributed by atoms with Crippen molar-refractivity contribution >= 4 is 23.5 Å². The maximum Gasteiger partial charge on any atom is 0.407 e. The van der Waals surface area contributed by atoms with Crippen LogP contribution in [-0.4, -0.2) is 24.2 Å². The Bertz CT molecular complexity index is 1130. The Morgan fingerprint density at radius 1 is 1.06 bits per heavy atom. The van der Waals surface area contributed by atoms with Crippen molar-refractivity contribution in [3.63, 3.8) is 0 Å². The Balaban J connectivity index is 1.35. The number of ether oxygens (including phenoxy) is 1. The molecule has 0 saturated carbocycles. The van der Waals surface area contributed by atoms with Crippen LogP contribution < -0.4 is 11.1 Å². The highest BCUT2D eigenvalue weighted by molar-refractivity contribution is 5.79. The third-order valence-electron chi connectivity index (χ3n) is 5.26. The van der Waals surface area contributed by atoms with Crippen LogP contribution in [0.2, 0.25) is 0 Å². The summed E-state index contributed by atoms with van der Waals surface area (Å²) < 4.78 is 5.46. The molecule has 3 aromatic rings. The summed E-state index contributed by atoms with van der Waals surface area (Å²) in [6.07, 6.45) is 2.65. The SMILES string of the molecule is Nc1ccc(C=CCNC(=O)OCC2c3ccccc3-c3ccccc32)c([N+](=O)[O-])c1. The number of carbonyl (C=O) groups excluding carboxylic acids is 1. The number of nitrogens with zero attached hydrogens (tertiary/aromatic N) is 1. The van der Waals surface area contributed by atoms with E-state index in [4.69, 9.17) is 10.5 Å². The Morgan fingerprint density at radius 3 is 2.35 bits per heavy atom. The molecule has 0 spiro atoms. The predicted octanol–water partition coefficient (Wildman–Crippen LogP) is 4.73. The van der Waals surface area contributed by atoms with Gasteiger partial charge in [-0.05, 0) is 34.4 Å². The Morgan fingerprint density at radius 2 is 1.71 bits per heavy atom. The first-order valence-electron chi connectivity index (χ1n) is 9.84. The average molecular weight is 415 g/mol. The number of anilines is 1. The third kappa shape index (κ3) is 4.25. The van der Waals surface area contributed by atoms with E-state index in [0.29, 0.717) is 11.3 Å². The van der Waals surface area contributed by atoms with Gasteiger partial charge in [-0.1, -0.05) is 60.7 Å². The smallest absolute Gasteiger partial charge is 0.407 e. The maximum atomic E-state index is 12.2. The standard InChI is InChI=1S/C24H21N3O4/c25-17-12-11-16(23(14-17)27(29)30)6-5-13-26-24(28)31-15-22-20-9-3-1-7-18(20)19-8-2-4-10-21(19)22/h1-12,14,22H,13,15,25H2,(H,26,28). The number of hydrogen-bond donors (Lipinski definition) is 2. The molecule has 0 bridgehead atoms. The first kappa shape index (κ1) is 20.2. The van der Waals surface area contributed by atoms with E-state index in [1.807, 2.05) is 24.3 Å². The molecular weight excluding hydrogens is 394 g/mol. The first-order valence-corrected chi connectivity index (χ1v) is 9.84. The molecule has 7 nitrogen and oxygen atoms in total. The van der Waals surface area contributed by atoms with Gasteiger partial charge in [0.1, 0.15) is 6.61 Å². The van der Waals surface area contributed by atoms with E-state index in [2.05, 4.69) is 29.6 Å². The van der Waals surface area contributed by atoms with Crippen LogP contribution in [0, 0.1) is 10.1 Å². The molecule has 31 heavy (non-hydrogen) atoms. The number of nitrogens with two attached hydrogens (primary N) is 1. The van der Waals surface area contributed by atoms with E-state index in [1.54, 1.807) is 24.3 Å². The number of alkyl carbamates (subject to hydrolysis) is 1. The maximum absolute atomic E-state index is 12.2. The van der Waals surface area contributed by atoms with Crippen LogP contribution in [0.15, 0.2) is 72.8 Å². The van der Waals surface area contributed by atoms with Crippen molar-refractivity contribution in [2.75, 3.05) is 18.9 Å². The molecule has 0 radical (unpaired) electrons. The van der Waals surface area contributed by atoms with Gasteiger partial charge in [0, 0.05) is 24.2 Å². The molecule has 0 fully saturated rings. The summed E-state index contributed by atoms with van der Waals surface area (Å²) in [6.45, 7) is 0.408. The fraction of sp³-hybridized carbons (Fsp3) is 0.125. The minimum absolute atomic E-state index is 0.00822. The van der Waals surface area contributed by atoms with Crippen molar-refractivity contribution < 1.29 is 14.5 Å². The number of rotatable bonds is 6. The highest BCUT2D eigenvalue weighted by Crippen LogP contribution is 2.44. The van der Waals surface area contributed by atoms with E-state index in [9.17, 15) is 14.9 Å². The van der Waals surface area contributed by atoms with Gasteiger partial charge >= 0.3 is 6.09 Å². The molecule has 0 aliphatic heterocycles. The molecule has 7 heteroatoms. The summed E-state index contributed by atoms with van der Waals surface area (Å²) in [5.41, 5.74) is 10.9. The molecule has 1 aliphatic carbocycles. The molecule has 1 amide bonds. The van der Waals surface area contributed by atoms with Gasteiger partial charge in [0.2, 0.25) is 0 Å². The van der Waals surface area contributed by atoms with E-state index in [-0.39, 0.29) is 24.8 Å². The topological polar surface area (TPSA) is 107 Å². The lowest BCUT2D eigenvalue weighted by atomic mass is 9.98. The lowest BCUT2D eigenvalue weighted by molar-refractivity contribution is -0.385. The monoisotopic (exact) mass is 415 g/mol. The van der Waals surface area contributed by atoms with Crippen LogP contribution in [0.3, 0.4) is 0 Å². The van der Waals surface area contributed by atoms with Gasteiger partial charge in [0.05, 0.1) is 10.5 Å². The van der Waals surface area contributed by atoms with Crippen LogP contribution in [0.1, 0.15) is 22.6 Å². The number of benzene rings is 3. The predicted molar refractivity (Wildman–Crippen MR) is 120 cm³/mol. The summed E-state index contributed by atoms with van der Waals surface area (Å²) in [5, 5.41) is 13.8. The molecular formula is C24H21N3O4. The first-order chi connectivity index (χ1) is 15.0. The molecule has 0 heterocycles. The van der Waals surface area contributed by atoms with Crippen molar-refractivity contribution in [3.8, 4) is 11.1 Å². The molecule has 0 aromatic heterocycles. The van der Waals surface area contributed by atoms with Crippen LogP contribution >= 0.6 is 0 Å². The summed E-state index contributed by atoms with van der Waals surface area (Å²) in [6, 6.07) is 20.7. The van der Waals surface area contributed by atoms with Gasteiger partial charge in [-0.3, -0.25) is 10.1 Å².